The molecule has 2 atom stereocenters. The molecule has 1 aliphatic heterocycles. The number of nitriles is 1. The van der Waals surface area contributed by atoms with Gasteiger partial charge in [-0.2, -0.15) is 5.26 Å². The summed E-state index contributed by atoms with van der Waals surface area (Å²) in [6, 6.07) is 8.66. The molecule has 8 nitrogen and oxygen atoms in total. The number of nitrogens with one attached hydrogen (secondary N) is 1. The first-order valence-corrected chi connectivity index (χ1v) is 9.43. The second-order valence-electron chi connectivity index (χ2n) is 8.11. The van der Waals surface area contributed by atoms with Gasteiger partial charge < -0.3 is 19.4 Å². The Kier molecular flexibility index (Phi) is 5.59. The predicted octanol–water partition coefficient (Wildman–Crippen LogP) is 3.34. The largest absolute Gasteiger partial charge is 0.444 e. The van der Waals surface area contributed by atoms with Crippen LogP contribution >= 0.6 is 0 Å². The predicted molar refractivity (Wildman–Crippen MR) is 105 cm³/mol. The third-order valence-corrected chi connectivity index (χ3v) is 4.51. The first-order chi connectivity index (χ1) is 13.7. The van der Waals surface area contributed by atoms with E-state index in [-0.39, 0.29) is 18.0 Å². The van der Waals surface area contributed by atoms with Gasteiger partial charge in [0.25, 0.3) is 5.89 Å². The van der Waals surface area contributed by atoms with E-state index in [0.717, 1.165) is 0 Å². The molecule has 1 saturated heterocycles. The second-order valence-corrected chi connectivity index (χ2v) is 8.11. The van der Waals surface area contributed by atoms with E-state index in [1.54, 1.807) is 29.2 Å². The summed E-state index contributed by atoms with van der Waals surface area (Å²) in [5.74, 6) is -0.107. The van der Waals surface area contributed by atoms with E-state index in [1.807, 2.05) is 27.7 Å². The molecule has 1 aliphatic rings. The molecular formula is C21H24N4O4. The molecule has 1 fully saturated rings. The van der Waals surface area contributed by atoms with Crippen LogP contribution in [0.5, 0.6) is 0 Å². The average Bonchev–Trinajstić information content (AvgIpc) is 3.27. The van der Waals surface area contributed by atoms with Gasteiger partial charge in [0.2, 0.25) is 0 Å². The number of amides is 2. The van der Waals surface area contributed by atoms with Gasteiger partial charge in [-0.1, -0.05) is 12.1 Å². The minimum atomic E-state index is -0.574. The van der Waals surface area contributed by atoms with E-state index in [4.69, 9.17) is 14.4 Å². The monoisotopic (exact) mass is 396 g/mol. The van der Waals surface area contributed by atoms with Crippen molar-refractivity contribution in [3.63, 3.8) is 0 Å². The molecule has 3 rings (SSSR count). The maximum absolute atomic E-state index is 12.5. The van der Waals surface area contributed by atoms with Crippen LogP contribution in [0.25, 0.3) is 11.3 Å². The minimum absolute atomic E-state index is 0.0519. The number of carbonyl (C=O) groups is 2. The van der Waals surface area contributed by atoms with Crippen LogP contribution in [0, 0.1) is 11.3 Å². The fourth-order valence-corrected chi connectivity index (χ4v) is 3.21. The number of likely N-dealkylation sites (tertiary alicyclic amines) is 1. The Hall–Kier alpha value is -3.34. The standard InChI is InChI=1S/C21H24N4O4/c1-13-8-16(12-25(13)20(27)29-21(2,3)4)24-18(26)19-23-11-17(28-19)15-7-5-6-14(9-15)10-22/h5-7,9,11,13,16H,8,12H2,1-4H3,(H,24,26)/t13-,16-/m1/s1. The number of carbonyl (C=O) groups excluding carboxylic acids is 2. The number of hydrogen-bond donors (Lipinski definition) is 1. The van der Waals surface area contributed by atoms with Crippen LogP contribution < -0.4 is 5.32 Å². The van der Waals surface area contributed by atoms with Gasteiger partial charge in [-0.15, -0.1) is 0 Å². The Morgan fingerprint density at radius 2 is 2.14 bits per heavy atom. The summed E-state index contributed by atoms with van der Waals surface area (Å²) < 4.78 is 11.0. The molecule has 0 unspecified atom stereocenters. The summed E-state index contributed by atoms with van der Waals surface area (Å²) in [4.78, 5) is 30.5. The normalized spacial score (nSPS) is 18.9. The van der Waals surface area contributed by atoms with Crippen LogP contribution in [0.1, 0.15) is 50.4 Å². The van der Waals surface area contributed by atoms with Gasteiger partial charge in [0, 0.05) is 24.2 Å². The number of aromatic nitrogens is 1. The van der Waals surface area contributed by atoms with Crippen molar-refractivity contribution in [2.75, 3.05) is 6.54 Å². The van der Waals surface area contributed by atoms with Crippen molar-refractivity contribution < 1.29 is 18.7 Å². The van der Waals surface area contributed by atoms with Crippen molar-refractivity contribution >= 4 is 12.0 Å². The van der Waals surface area contributed by atoms with E-state index >= 15 is 0 Å². The van der Waals surface area contributed by atoms with E-state index < -0.39 is 17.6 Å². The summed E-state index contributed by atoms with van der Waals surface area (Å²) in [5.41, 5.74) is 0.587. The van der Waals surface area contributed by atoms with E-state index in [1.165, 1.54) is 6.20 Å². The zero-order valence-corrected chi connectivity index (χ0v) is 16.9. The molecule has 2 amide bonds. The number of ether oxygens (including phenoxy) is 1. The SMILES string of the molecule is C[C@@H]1C[C@@H](NC(=O)c2ncc(-c3cccc(C#N)c3)o2)CN1C(=O)OC(C)(C)C. The molecule has 1 aromatic carbocycles. The molecule has 0 bridgehead atoms. The van der Waals surface area contributed by atoms with Crippen molar-refractivity contribution in [2.45, 2.75) is 51.8 Å². The molecule has 2 aromatic rings. The lowest BCUT2D eigenvalue weighted by molar-refractivity contribution is 0.0235. The van der Waals surface area contributed by atoms with Crippen molar-refractivity contribution in [1.29, 1.82) is 5.26 Å². The summed E-state index contributed by atoms with van der Waals surface area (Å²) in [5, 5.41) is 11.9. The summed E-state index contributed by atoms with van der Waals surface area (Å²) >= 11 is 0. The Bertz CT molecular complexity index is 954. The third kappa shape index (κ3) is 4.93. The van der Waals surface area contributed by atoms with Gasteiger partial charge in [-0.25, -0.2) is 9.78 Å². The number of rotatable bonds is 3. The first-order valence-electron chi connectivity index (χ1n) is 9.43. The molecule has 1 N–H and O–H groups in total. The highest BCUT2D eigenvalue weighted by Crippen LogP contribution is 2.23. The lowest BCUT2D eigenvalue weighted by atomic mass is 10.1. The van der Waals surface area contributed by atoms with Crippen molar-refractivity contribution in [1.82, 2.24) is 15.2 Å². The van der Waals surface area contributed by atoms with E-state index in [9.17, 15) is 9.59 Å². The zero-order chi connectivity index (χ0) is 21.2. The molecule has 2 heterocycles. The number of hydrogen-bond acceptors (Lipinski definition) is 6. The molecule has 29 heavy (non-hydrogen) atoms. The lowest BCUT2D eigenvalue weighted by Crippen LogP contribution is -2.41. The molecule has 0 radical (unpaired) electrons. The smallest absolute Gasteiger partial charge is 0.410 e. The summed E-state index contributed by atoms with van der Waals surface area (Å²) in [6.07, 6.45) is 1.68. The van der Waals surface area contributed by atoms with Crippen LogP contribution in [-0.2, 0) is 4.74 Å². The summed E-state index contributed by atoms with van der Waals surface area (Å²) in [6.45, 7) is 7.73. The van der Waals surface area contributed by atoms with Crippen LogP contribution in [0.15, 0.2) is 34.9 Å². The highest BCUT2D eigenvalue weighted by atomic mass is 16.6. The topological polar surface area (TPSA) is 108 Å². The Morgan fingerprint density at radius 1 is 1.38 bits per heavy atom. The number of benzene rings is 1. The quantitative estimate of drug-likeness (QED) is 0.852. The molecule has 8 heteroatoms. The van der Waals surface area contributed by atoms with Crippen molar-refractivity contribution in [3.8, 4) is 17.4 Å². The lowest BCUT2D eigenvalue weighted by Gasteiger charge is -2.26. The fourth-order valence-electron chi connectivity index (χ4n) is 3.21. The second kappa shape index (κ2) is 7.95. The maximum atomic E-state index is 12.5. The number of oxazole rings is 1. The molecular weight excluding hydrogens is 372 g/mol. The highest BCUT2D eigenvalue weighted by molar-refractivity contribution is 5.90. The molecule has 0 saturated carbocycles. The molecule has 1 aromatic heterocycles. The van der Waals surface area contributed by atoms with Gasteiger partial charge in [-0.3, -0.25) is 4.79 Å². The van der Waals surface area contributed by atoms with Gasteiger partial charge in [-0.05, 0) is 46.2 Å². The van der Waals surface area contributed by atoms with Crippen LogP contribution in [-0.4, -0.2) is 46.1 Å². The van der Waals surface area contributed by atoms with Gasteiger partial charge >= 0.3 is 12.0 Å². The van der Waals surface area contributed by atoms with Gasteiger partial charge in [0.1, 0.15) is 5.60 Å². The van der Waals surface area contributed by atoms with Crippen molar-refractivity contribution in [2.24, 2.45) is 0 Å². The Morgan fingerprint density at radius 3 is 2.83 bits per heavy atom. The minimum Gasteiger partial charge on any atom is -0.444 e. The van der Waals surface area contributed by atoms with E-state index in [2.05, 4.69) is 16.4 Å². The Labute approximate surface area is 169 Å². The third-order valence-electron chi connectivity index (χ3n) is 4.51. The van der Waals surface area contributed by atoms with Crippen molar-refractivity contribution in [3.05, 3.63) is 41.9 Å². The average molecular weight is 396 g/mol. The van der Waals surface area contributed by atoms with Crippen LogP contribution in [0.3, 0.4) is 0 Å². The number of nitrogens with zero attached hydrogens (tertiary/aromatic N) is 3. The van der Waals surface area contributed by atoms with E-state index in [0.29, 0.717) is 29.9 Å². The zero-order valence-electron chi connectivity index (χ0n) is 16.9. The molecule has 0 aliphatic carbocycles. The van der Waals surface area contributed by atoms with Crippen LogP contribution in [0.4, 0.5) is 4.79 Å². The molecule has 152 valence electrons. The summed E-state index contributed by atoms with van der Waals surface area (Å²) in [7, 11) is 0. The fraction of sp³-hybridized carbons (Fsp3) is 0.429. The van der Waals surface area contributed by atoms with Gasteiger partial charge in [0.05, 0.1) is 17.8 Å². The molecule has 0 spiro atoms. The van der Waals surface area contributed by atoms with Gasteiger partial charge in [0.15, 0.2) is 5.76 Å². The maximum Gasteiger partial charge on any atom is 0.410 e. The first kappa shape index (κ1) is 20.4. The Balaban J connectivity index is 1.63. The highest BCUT2D eigenvalue weighted by Gasteiger charge is 2.36. The van der Waals surface area contributed by atoms with Crippen LogP contribution in [0.2, 0.25) is 0 Å².